The molecule has 1 N–H and O–H groups in total. The van der Waals surface area contributed by atoms with Crippen LogP contribution in [-0.4, -0.2) is 45.0 Å². The molecule has 4 aromatic rings. The molecule has 2 aromatic heterocycles. The summed E-state index contributed by atoms with van der Waals surface area (Å²) < 4.78 is 13.6. The number of ether oxygens (including phenoxy) is 2. The van der Waals surface area contributed by atoms with E-state index in [1.165, 1.54) is 16.3 Å². The predicted molar refractivity (Wildman–Crippen MR) is 121 cm³/mol. The molecule has 1 amide bonds. The SMILES string of the molecule is COc1cccc(CNC(=O)CSc2nnc3c(=O)n(-c4ccccc4OC)ccn23)c1. The minimum Gasteiger partial charge on any atom is -0.497 e. The molecule has 164 valence electrons. The van der Waals surface area contributed by atoms with Crippen molar-refractivity contribution in [3.05, 3.63) is 76.8 Å². The Bertz CT molecular complexity index is 1320. The number of thioether (sulfide) groups is 1. The van der Waals surface area contributed by atoms with Gasteiger partial charge in [0.25, 0.3) is 0 Å². The molecule has 4 rings (SSSR count). The van der Waals surface area contributed by atoms with Crippen LogP contribution >= 0.6 is 11.8 Å². The number of hydrogen-bond donors (Lipinski definition) is 1. The molecule has 2 heterocycles. The number of carbonyl (C=O) groups excluding carboxylic acids is 1. The molecule has 0 spiro atoms. The van der Waals surface area contributed by atoms with Gasteiger partial charge in [0.15, 0.2) is 5.16 Å². The molecule has 0 atom stereocenters. The van der Waals surface area contributed by atoms with Crippen LogP contribution in [0.4, 0.5) is 0 Å². The van der Waals surface area contributed by atoms with Crippen molar-refractivity contribution in [2.45, 2.75) is 11.7 Å². The number of fused-ring (bicyclic) bond motifs is 1. The molecule has 0 unspecified atom stereocenters. The molecule has 0 aliphatic carbocycles. The van der Waals surface area contributed by atoms with Crippen LogP contribution in [0.3, 0.4) is 0 Å². The predicted octanol–water partition coefficient (Wildman–Crippen LogP) is 2.31. The smallest absolute Gasteiger partial charge is 0.300 e. The van der Waals surface area contributed by atoms with E-state index in [1.54, 1.807) is 43.1 Å². The lowest BCUT2D eigenvalue weighted by molar-refractivity contribution is -0.118. The van der Waals surface area contributed by atoms with Gasteiger partial charge < -0.3 is 14.8 Å². The lowest BCUT2D eigenvalue weighted by Crippen LogP contribution is -2.24. The van der Waals surface area contributed by atoms with Gasteiger partial charge >= 0.3 is 5.56 Å². The number of para-hydroxylation sites is 2. The fourth-order valence-corrected chi connectivity index (χ4v) is 3.89. The number of hydrogen-bond acceptors (Lipinski definition) is 7. The molecule has 0 bridgehead atoms. The standard InChI is InChI=1S/C22H21N5O4S/c1-30-16-7-5-6-15(12-16)13-23-19(28)14-32-22-25-24-20-21(29)26(10-11-27(20)22)17-8-3-4-9-18(17)31-2/h3-12H,13-14H2,1-2H3,(H,23,28). The average Bonchev–Trinajstić information content (AvgIpc) is 3.25. The van der Waals surface area contributed by atoms with E-state index in [0.29, 0.717) is 23.1 Å². The van der Waals surface area contributed by atoms with Crippen LogP contribution in [0.5, 0.6) is 11.5 Å². The van der Waals surface area contributed by atoms with Gasteiger partial charge in [0.05, 0.1) is 25.7 Å². The van der Waals surface area contributed by atoms with E-state index in [9.17, 15) is 9.59 Å². The summed E-state index contributed by atoms with van der Waals surface area (Å²) in [5.74, 6) is 1.29. The number of nitrogens with zero attached hydrogens (tertiary/aromatic N) is 4. The summed E-state index contributed by atoms with van der Waals surface area (Å²) in [5.41, 5.74) is 1.38. The van der Waals surface area contributed by atoms with Gasteiger partial charge in [-0.05, 0) is 29.8 Å². The van der Waals surface area contributed by atoms with Crippen molar-refractivity contribution in [2.24, 2.45) is 0 Å². The van der Waals surface area contributed by atoms with Gasteiger partial charge in [0.2, 0.25) is 11.6 Å². The molecule has 0 aliphatic rings. The van der Waals surface area contributed by atoms with E-state index in [2.05, 4.69) is 15.5 Å². The topological polar surface area (TPSA) is 99.8 Å². The zero-order valence-electron chi connectivity index (χ0n) is 17.5. The molecule has 0 aliphatic heterocycles. The highest BCUT2D eigenvalue weighted by Gasteiger charge is 2.15. The van der Waals surface area contributed by atoms with Gasteiger partial charge in [0.1, 0.15) is 11.5 Å². The van der Waals surface area contributed by atoms with Crippen molar-refractivity contribution >= 4 is 23.3 Å². The lowest BCUT2D eigenvalue weighted by Gasteiger charge is -2.10. The second-order valence-electron chi connectivity index (χ2n) is 6.74. The van der Waals surface area contributed by atoms with Crippen LogP contribution in [0.25, 0.3) is 11.3 Å². The van der Waals surface area contributed by atoms with Gasteiger partial charge in [-0.25, -0.2) is 0 Å². The van der Waals surface area contributed by atoms with Crippen LogP contribution in [0, 0.1) is 0 Å². The summed E-state index contributed by atoms with van der Waals surface area (Å²) in [7, 11) is 3.15. The molecule has 10 heteroatoms. The Labute approximate surface area is 188 Å². The zero-order valence-corrected chi connectivity index (χ0v) is 18.3. The average molecular weight is 452 g/mol. The molecular formula is C22H21N5O4S. The molecule has 32 heavy (non-hydrogen) atoms. The number of carbonyl (C=O) groups is 1. The maximum Gasteiger partial charge on any atom is 0.300 e. The summed E-state index contributed by atoms with van der Waals surface area (Å²) in [4.78, 5) is 25.2. The Morgan fingerprint density at radius 1 is 1.06 bits per heavy atom. The Morgan fingerprint density at radius 3 is 2.72 bits per heavy atom. The van der Waals surface area contributed by atoms with E-state index < -0.39 is 0 Å². The number of methoxy groups -OCH3 is 2. The Balaban J connectivity index is 1.45. The van der Waals surface area contributed by atoms with E-state index in [1.807, 2.05) is 36.4 Å². The van der Waals surface area contributed by atoms with Gasteiger partial charge in [-0.1, -0.05) is 36.0 Å². The number of rotatable bonds is 8. The first kappa shape index (κ1) is 21.4. The van der Waals surface area contributed by atoms with E-state index in [0.717, 1.165) is 11.3 Å². The fourth-order valence-electron chi connectivity index (χ4n) is 3.15. The number of aromatic nitrogens is 4. The summed E-state index contributed by atoms with van der Waals surface area (Å²) in [6, 6.07) is 14.7. The maximum atomic E-state index is 12.9. The minimum absolute atomic E-state index is 0.139. The van der Waals surface area contributed by atoms with Crippen molar-refractivity contribution in [2.75, 3.05) is 20.0 Å². The Morgan fingerprint density at radius 2 is 1.91 bits per heavy atom. The molecule has 9 nitrogen and oxygen atoms in total. The molecule has 0 radical (unpaired) electrons. The van der Waals surface area contributed by atoms with Crippen LogP contribution in [0.1, 0.15) is 5.56 Å². The number of amides is 1. The van der Waals surface area contributed by atoms with Crippen molar-refractivity contribution in [3.8, 4) is 17.2 Å². The molecule has 2 aromatic carbocycles. The van der Waals surface area contributed by atoms with Gasteiger partial charge in [-0.15, -0.1) is 10.2 Å². The van der Waals surface area contributed by atoms with Gasteiger partial charge in [0, 0.05) is 18.9 Å². The summed E-state index contributed by atoms with van der Waals surface area (Å²) in [6.07, 6.45) is 3.32. The maximum absolute atomic E-state index is 12.9. The molecule has 0 saturated heterocycles. The highest BCUT2D eigenvalue weighted by atomic mass is 32.2. The second-order valence-corrected chi connectivity index (χ2v) is 7.68. The largest absolute Gasteiger partial charge is 0.497 e. The van der Waals surface area contributed by atoms with Crippen LogP contribution < -0.4 is 20.3 Å². The quantitative estimate of drug-likeness (QED) is 0.410. The van der Waals surface area contributed by atoms with E-state index >= 15 is 0 Å². The normalized spacial score (nSPS) is 10.8. The first-order valence-electron chi connectivity index (χ1n) is 9.73. The van der Waals surface area contributed by atoms with Crippen LogP contribution in [-0.2, 0) is 11.3 Å². The van der Waals surface area contributed by atoms with Gasteiger partial charge in [-0.3, -0.25) is 18.6 Å². The second kappa shape index (κ2) is 9.56. The highest BCUT2D eigenvalue weighted by Crippen LogP contribution is 2.21. The first-order valence-corrected chi connectivity index (χ1v) is 10.7. The number of nitrogens with one attached hydrogen (secondary N) is 1. The van der Waals surface area contributed by atoms with E-state index in [4.69, 9.17) is 9.47 Å². The van der Waals surface area contributed by atoms with Crippen molar-refractivity contribution in [1.82, 2.24) is 24.5 Å². The first-order chi connectivity index (χ1) is 15.6. The summed E-state index contributed by atoms with van der Waals surface area (Å²) in [5, 5.41) is 11.4. The van der Waals surface area contributed by atoms with Crippen molar-refractivity contribution in [3.63, 3.8) is 0 Å². The number of benzene rings is 2. The zero-order chi connectivity index (χ0) is 22.5. The third kappa shape index (κ3) is 4.45. The van der Waals surface area contributed by atoms with E-state index in [-0.39, 0.29) is 22.9 Å². The Hall–Kier alpha value is -3.79. The molecule has 0 saturated carbocycles. The minimum atomic E-state index is -0.334. The summed E-state index contributed by atoms with van der Waals surface area (Å²) in [6.45, 7) is 0.390. The van der Waals surface area contributed by atoms with Crippen molar-refractivity contribution in [1.29, 1.82) is 0 Å². The summed E-state index contributed by atoms with van der Waals surface area (Å²) >= 11 is 1.21. The third-order valence-corrected chi connectivity index (χ3v) is 5.68. The fraction of sp³-hybridized carbons (Fsp3) is 0.182. The lowest BCUT2D eigenvalue weighted by atomic mass is 10.2. The van der Waals surface area contributed by atoms with Gasteiger partial charge in [-0.2, -0.15) is 0 Å². The molecule has 0 fully saturated rings. The van der Waals surface area contributed by atoms with Crippen LogP contribution in [0.2, 0.25) is 0 Å². The van der Waals surface area contributed by atoms with Crippen LogP contribution in [0.15, 0.2) is 70.9 Å². The molecular weight excluding hydrogens is 430 g/mol. The van der Waals surface area contributed by atoms with Crippen molar-refractivity contribution < 1.29 is 14.3 Å². The monoisotopic (exact) mass is 451 g/mol. The Kier molecular flexibility index (Phi) is 6.41. The third-order valence-electron chi connectivity index (χ3n) is 4.74. The highest BCUT2D eigenvalue weighted by molar-refractivity contribution is 7.99.